The topological polar surface area (TPSA) is 60.3 Å². The number of rotatable bonds is 7. The number of ether oxygens (including phenoxy) is 1. The highest BCUT2D eigenvalue weighted by Crippen LogP contribution is 2.22. The van der Waals surface area contributed by atoms with Gasteiger partial charge in [0.1, 0.15) is 0 Å². The van der Waals surface area contributed by atoms with Crippen LogP contribution in [-0.4, -0.2) is 29.5 Å². The van der Waals surface area contributed by atoms with E-state index in [1.54, 1.807) is 31.2 Å². The Morgan fingerprint density at radius 1 is 0.966 bits per heavy atom. The third-order valence-corrected chi connectivity index (χ3v) is 4.87. The molecular formula is C24H26N2O3. The van der Waals surface area contributed by atoms with E-state index in [2.05, 4.69) is 41.1 Å². The Morgan fingerprint density at radius 2 is 1.62 bits per heavy atom. The van der Waals surface area contributed by atoms with Crippen molar-refractivity contribution in [2.45, 2.75) is 27.7 Å². The molecule has 5 heteroatoms. The second-order valence-corrected chi connectivity index (χ2v) is 7.03. The van der Waals surface area contributed by atoms with Crippen molar-refractivity contribution < 1.29 is 14.3 Å². The molecule has 2 aromatic carbocycles. The van der Waals surface area contributed by atoms with Gasteiger partial charge in [0.05, 0.1) is 18.7 Å². The van der Waals surface area contributed by atoms with Crippen LogP contribution >= 0.6 is 0 Å². The van der Waals surface area contributed by atoms with Crippen molar-refractivity contribution >= 4 is 17.4 Å². The van der Waals surface area contributed by atoms with Gasteiger partial charge in [-0.2, -0.15) is 0 Å². The first kappa shape index (κ1) is 20.4. The molecule has 1 aromatic heterocycles. The molecular weight excluding hydrogens is 364 g/mol. The molecule has 0 bridgehead atoms. The average molecular weight is 390 g/mol. The minimum absolute atomic E-state index is 0.0194. The summed E-state index contributed by atoms with van der Waals surface area (Å²) in [5, 5.41) is 3.13. The summed E-state index contributed by atoms with van der Waals surface area (Å²) >= 11 is 0. The van der Waals surface area contributed by atoms with Gasteiger partial charge in [-0.05, 0) is 70.2 Å². The van der Waals surface area contributed by atoms with Crippen LogP contribution in [0.4, 0.5) is 5.69 Å². The maximum atomic E-state index is 12.8. The van der Waals surface area contributed by atoms with Crippen molar-refractivity contribution in [3.63, 3.8) is 0 Å². The number of hydrogen-bond donors (Lipinski definition) is 1. The lowest BCUT2D eigenvalue weighted by atomic mass is 10.1. The zero-order valence-electron chi connectivity index (χ0n) is 17.3. The van der Waals surface area contributed by atoms with Crippen LogP contribution in [0.5, 0.6) is 0 Å². The molecule has 29 heavy (non-hydrogen) atoms. The fourth-order valence-corrected chi connectivity index (χ4v) is 3.35. The lowest BCUT2D eigenvalue weighted by molar-refractivity contribution is 0.0526. The van der Waals surface area contributed by atoms with Crippen LogP contribution in [0, 0.1) is 20.8 Å². The van der Waals surface area contributed by atoms with E-state index in [4.69, 9.17) is 4.74 Å². The second-order valence-electron chi connectivity index (χ2n) is 7.03. The molecule has 1 heterocycles. The molecule has 0 amide bonds. The third kappa shape index (κ3) is 4.57. The van der Waals surface area contributed by atoms with Crippen LogP contribution in [-0.2, 0) is 4.74 Å². The van der Waals surface area contributed by atoms with Crippen molar-refractivity contribution in [3.8, 4) is 5.69 Å². The number of nitrogens with zero attached hydrogens (tertiary/aromatic N) is 1. The van der Waals surface area contributed by atoms with E-state index in [1.165, 1.54) is 5.56 Å². The minimum Gasteiger partial charge on any atom is -0.462 e. The Kier molecular flexibility index (Phi) is 6.17. The summed E-state index contributed by atoms with van der Waals surface area (Å²) in [7, 11) is 0. The predicted molar refractivity (Wildman–Crippen MR) is 115 cm³/mol. The molecule has 0 fully saturated rings. The molecule has 1 N–H and O–H groups in total. The summed E-state index contributed by atoms with van der Waals surface area (Å²) in [5.41, 5.74) is 6.17. The van der Waals surface area contributed by atoms with Crippen LogP contribution in [0.2, 0.25) is 0 Å². The Morgan fingerprint density at radius 3 is 2.24 bits per heavy atom. The number of Topliss-reactive ketones (excluding diaryl/α,β-unsaturated/α-hetero) is 1. The molecule has 0 radical (unpaired) electrons. The summed E-state index contributed by atoms with van der Waals surface area (Å²) in [4.78, 5) is 24.5. The number of aromatic nitrogens is 1. The van der Waals surface area contributed by atoms with Gasteiger partial charge in [-0.3, -0.25) is 4.79 Å². The lowest BCUT2D eigenvalue weighted by Crippen LogP contribution is -2.15. The summed E-state index contributed by atoms with van der Waals surface area (Å²) in [5.74, 6) is -0.329. The van der Waals surface area contributed by atoms with Gasteiger partial charge in [0, 0.05) is 28.3 Å². The number of carbonyl (C=O) groups is 2. The number of carbonyl (C=O) groups excluding carboxylic acids is 2. The van der Waals surface area contributed by atoms with Gasteiger partial charge < -0.3 is 14.6 Å². The van der Waals surface area contributed by atoms with Gasteiger partial charge >= 0.3 is 5.97 Å². The number of esters is 1. The highest BCUT2D eigenvalue weighted by molar-refractivity contribution is 6.00. The van der Waals surface area contributed by atoms with Gasteiger partial charge in [-0.25, -0.2) is 4.79 Å². The third-order valence-electron chi connectivity index (χ3n) is 4.87. The van der Waals surface area contributed by atoms with Gasteiger partial charge in [0.25, 0.3) is 0 Å². The number of benzene rings is 2. The van der Waals surface area contributed by atoms with E-state index < -0.39 is 0 Å². The summed E-state index contributed by atoms with van der Waals surface area (Å²) < 4.78 is 7.08. The van der Waals surface area contributed by atoms with Gasteiger partial charge in [-0.1, -0.05) is 17.7 Å². The first-order chi connectivity index (χ1) is 13.9. The van der Waals surface area contributed by atoms with Crippen LogP contribution < -0.4 is 5.32 Å². The van der Waals surface area contributed by atoms with Crippen LogP contribution in [0.15, 0.2) is 54.6 Å². The van der Waals surface area contributed by atoms with Crippen molar-refractivity contribution in [2.24, 2.45) is 0 Å². The predicted octanol–water partition coefficient (Wildman–Crippen LogP) is 4.87. The van der Waals surface area contributed by atoms with E-state index in [-0.39, 0.29) is 18.3 Å². The summed E-state index contributed by atoms with van der Waals surface area (Å²) in [6, 6.07) is 17.1. The first-order valence-corrected chi connectivity index (χ1v) is 9.71. The number of nitrogens with one attached hydrogen (secondary N) is 1. The molecule has 0 atom stereocenters. The fraction of sp³-hybridized carbons (Fsp3) is 0.250. The molecule has 3 aromatic rings. The molecule has 0 saturated heterocycles. The molecule has 0 unspecified atom stereocenters. The molecule has 0 aliphatic carbocycles. The SMILES string of the molecule is CCOC(=O)c1ccc(NCC(=O)c2cc(C)n(-c3ccc(C)cc3)c2C)cc1. The molecule has 0 aliphatic heterocycles. The summed E-state index contributed by atoms with van der Waals surface area (Å²) in [6.45, 7) is 8.32. The smallest absolute Gasteiger partial charge is 0.338 e. The Hall–Kier alpha value is -3.34. The molecule has 0 saturated carbocycles. The Labute approximate surface area is 171 Å². The number of aryl methyl sites for hydroxylation is 2. The van der Waals surface area contributed by atoms with E-state index in [0.717, 1.165) is 22.8 Å². The minimum atomic E-state index is -0.348. The highest BCUT2D eigenvalue weighted by atomic mass is 16.5. The highest BCUT2D eigenvalue weighted by Gasteiger charge is 2.16. The van der Waals surface area contributed by atoms with Gasteiger partial charge in [0.15, 0.2) is 5.78 Å². The van der Waals surface area contributed by atoms with Crippen LogP contribution in [0.1, 0.15) is 44.6 Å². The first-order valence-electron chi connectivity index (χ1n) is 9.71. The summed E-state index contributed by atoms with van der Waals surface area (Å²) in [6.07, 6.45) is 0. The second kappa shape index (κ2) is 8.78. The van der Waals surface area contributed by atoms with Crippen LogP contribution in [0.3, 0.4) is 0 Å². The van der Waals surface area contributed by atoms with Gasteiger partial charge in [0.2, 0.25) is 0 Å². The van der Waals surface area contributed by atoms with E-state index >= 15 is 0 Å². The number of anilines is 1. The zero-order chi connectivity index (χ0) is 21.0. The van der Waals surface area contributed by atoms with Gasteiger partial charge in [-0.15, -0.1) is 0 Å². The molecule has 0 spiro atoms. The van der Waals surface area contributed by atoms with Crippen molar-refractivity contribution in [2.75, 3.05) is 18.5 Å². The standard InChI is InChI=1S/C24H26N2O3/c1-5-29-24(28)19-8-10-20(11-9-19)25-15-23(27)22-14-17(3)26(18(22)4)21-12-6-16(2)7-13-21/h6-14,25H,5,15H2,1-4H3. The van der Waals surface area contributed by atoms with Crippen molar-refractivity contribution in [3.05, 3.63) is 82.7 Å². The fourth-order valence-electron chi connectivity index (χ4n) is 3.35. The number of ketones is 1. The molecule has 0 aliphatic rings. The monoisotopic (exact) mass is 390 g/mol. The molecule has 150 valence electrons. The Bertz CT molecular complexity index is 1020. The maximum Gasteiger partial charge on any atom is 0.338 e. The van der Waals surface area contributed by atoms with E-state index in [1.807, 2.05) is 19.9 Å². The van der Waals surface area contributed by atoms with Crippen molar-refractivity contribution in [1.29, 1.82) is 0 Å². The van der Waals surface area contributed by atoms with E-state index in [9.17, 15) is 9.59 Å². The molecule has 3 rings (SSSR count). The maximum absolute atomic E-state index is 12.8. The Balaban J connectivity index is 1.71. The lowest BCUT2D eigenvalue weighted by Gasteiger charge is -2.11. The van der Waals surface area contributed by atoms with Crippen molar-refractivity contribution in [1.82, 2.24) is 4.57 Å². The zero-order valence-corrected chi connectivity index (χ0v) is 17.3. The largest absolute Gasteiger partial charge is 0.462 e. The van der Waals surface area contributed by atoms with E-state index in [0.29, 0.717) is 17.7 Å². The normalized spacial score (nSPS) is 10.6. The number of hydrogen-bond acceptors (Lipinski definition) is 4. The average Bonchev–Trinajstić information content (AvgIpc) is 3.01. The molecule has 5 nitrogen and oxygen atoms in total. The quantitative estimate of drug-likeness (QED) is 0.462. The van der Waals surface area contributed by atoms with Crippen LogP contribution in [0.25, 0.3) is 5.69 Å².